The molecule has 20 heavy (non-hydrogen) atoms. The lowest BCUT2D eigenvalue weighted by molar-refractivity contribution is 0.0696. The van der Waals surface area contributed by atoms with E-state index < -0.39 is 5.97 Å². The molecule has 0 aliphatic carbocycles. The number of nitrogens with zero attached hydrogens (tertiary/aromatic N) is 2. The molecule has 0 amide bonds. The molecule has 0 bridgehead atoms. The Kier molecular flexibility index (Phi) is 3.89. The first-order chi connectivity index (χ1) is 9.54. The van der Waals surface area contributed by atoms with Crippen molar-refractivity contribution in [3.05, 3.63) is 47.7 Å². The van der Waals surface area contributed by atoms with Crippen molar-refractivity contribution in [2.75, 3.05) is 19.1 Å². The maximum Gasteiger partial charge on any atom is 0.339 e. The van der Waals surface area contributed by atoms with Gasteiger partial charge in [0.05, 0.1) is 7.11 Å². The van der Waals surface area contributed by atoms with E-state index in [1.165, 1.54) is 0 Å². The number of carbonyl (C=O) groups is 1. The zero-order valence-corrected chi connectivity index (χ0v) is 11.6. The van der Waals surface area contributed by atoms with Crippen molar-refractivity contribution in [3.63, 3.8) is 0 Å². The third-order valence-electron chi connectivity index (χ3n) is 3.11. The summed E-state index contributed by atoms with van der Waals surface area (Å²) in [6, 6.07) is 9.07. The van der Waals surface area contributed by atoms with E-state index in [1.54, 1.807) is 38.2 Å². The number of carboxylic acid groups (broad SMARTS) is 1. The van der Waals surface area contributed by atoms with Crippen LogP contribution in [0, 0.1) is 6.92 Å². The van der Waals surface area contributed by atoms with Gasteiger partial charge in [0.25, 0.3) is 0 Å². The highest BCUT2D eigenvalue weighted by molar-refractivity contribution is 5.95. The fraction of sp³-hybridized carbons (Fsp3) is 0.200. The fourth-order valence-electron chi connectivity index (χ4n) is 2.00. The molecule has 0 aliphatic heterocycles. The SMILES string of the molecule is COc1cccc(N(C)c2nccc(C)c2C(=O)O)c1. The summed E-state index contributed by atoms with van der Waals surface area (Å²) < 4.78 is 5.18. The minimum atomic E-state index is -0.986. The lowest BCUT2D eigenvalue weighted by Crippen LogP contribution is -2.16. The number of carboxylic acids is 1. The number of pyridine rings is 1. The lowest BCUT2D eigenvalue weighted by atomic mass is 10.1. The Morgan fingerprint density at radius 1 is 1.35 bits per heavy atom. The second kappa shape index (κ2) is 5.61. The maximum atomic E-state index is 11.4. The van der Waals surface area contributed by atoms with Gasteiger partial charge in [0, 0.05) is 25.0 Å². The van der Waals surface area contributed by atoms with Crippen LogP contribution in [0.1, 0.15) is 15.9 Å². The van der Waals surface area contributed by atoms with Crippen LogP contribution in [-0.4, -0.2) is 30.2 Å². The molecule has 1 aromatic carbocycles. The highest BCUT2D eigenvalue weighted by Gasteiger charge is 2.18. The van der Waals surface area contributed by atoms with E-state index in [1.807, 2.05) is 24.3 Å². The van der Waals surface area contributed by atoms with Crippen LogP contribution in [0.5, 0.6) is 5.75 Å². The van der Waals surface area contributed by atoms with E-state index in [0.717, 1.165) is 5.69 Å². The molecule has 0 radical (unpaired) electrons. The van der Waals surface area contributed by atoms with Crippen LogP contribution >= 0.6 is 0 Å². The van der Waals surface area contributed by atoms with Crippen molar-refractivity contribution >= 4 is 17.5 Å². The van der Waals surface area contributed by atoms with E-state index in [0.29, 0.717) is 17.1 Å². The number of hydrogen-bond donors (Lipinski definition) is 1. The van der Waals surface area contributed by atoms with E-state index in [-0.39, 0.29) is 5.56 Å². The number of hydrogen-bond acceptors (Lipinski definition) is 4. The molecule has 0 atom stereocenters. The van der Waals surface area contributed by atoms with Gasteiger partial charge in [-0.1, -0.05) is 6.07 Å². The average Bonchev–Trinajstić information content (AvgIpc) is 2.45. The van der Waals surface area contributed by atoms with Crippen LogP contribution < -0.4 is 9.64 Å². The molecule has 2 aromatic rings. The molecule has 0 saturated carbocycles. The Bertz CT molecular complexity index is 641. The monoisotopic (exact) mass is 272 g/mol. The summed E-state index contributed by atoms with van der Waals surface area (Å²) in [7, 11) is 3.37. The predicted octanol–water partition coefficient (Wildman–Crippen LogP) is 2.86. The van der Waals surface area contributed by atoms with Gasteiger partial charge >= 0.3 is 5.97 Å². The molecule has 0 aliphatic rings. The number of benzene rings is 1. The van der Waals surface area contributed by atoms with Crippen LogP contribution in [0.3, 0.4) is 0 Å². The summed E-state index contributed by atoms with van der Waals surface area (Å²) >= 11 is 0. The molecule has 5 nitrogen and oxygen atoms in total. The zero-order chi connectivity index (χ0) is 14.7. The van der Waals surface area contributed by atoms with E-state index in [2.05, 4.69) is 4.98 Å². The molecule has 0 fully saturated rings. The highest BCUT2D eigenvalue weighted by atomic mass is 16.5. The smallest absolute Gasteiger partial charge is 0.339 e. The maximum absolute atomic E-state index is 11.4. The minimum Gasteiger partial charge on any atom is -0.497 e. The van der Waals surface area contributed by atoms with Crippen molar-refractivity contribution < 1.29 is 14.6 Å². The van der Waals surface area contributed by atoms with Gasteiger partial charge in [-0.15, -0.1) is 0 Å². The number of methoxy groups -OCH3 is 1. The molecule has 1 N–H and O–H groups in total. The van der Waals surface area contributed by atoms with E-state index in [4.69, 9.17) is 4.74 Å². The fourth-order valence-corrected chi connectivity index (χ4v) is 2.00. The van der Waals surface area contributed by atoms with Gasteiger partial charge in [-0.3, -0.25) is 0 Å². The number of rotatable bonds is 4. The third-order valence-corrected chi connectivity index (χ3v) is 3.11. The van der Waals surface area contributed by atoms with Gasteiger partial charge in [-0.2, -0.15) is 0 Å². The van der Waals surface area contributed by atoms with Crippen LogP contribution in [0.4, 0.5) is 11.5 Å². The summed E-state index contributed by atoms with van der Waals surface area (Å²) in [5.41, 5.74) is 1.69. The zero-order valence-electron chi connectivity index (χ0n) is 11.6. The summed E-state index contributed by atoms with van der Waals surface area (Å²) in [5.74, 6) is 0.130. The summed E-state index contributed by atoms with van der Waals surface area (Å²) in [4.78, 5) is 17.3. The van der Waals surface area contributed by atoms with Crippen molar-refractivity contribution in [1.29, 1.82) is 0 Å². The van der Waals surface area contributed by atoms with Gasteiger partial charge < -0.3 is 14.7 Å². The quantitative estimate of drug-likeness (QED) is 0.927. The average molecular weight is 272 g/mol. The Hall–Kier alpha value is -2.56. The molecule has 1 aromatic heterocycles. The number of aromatic carboxylic acids is 1. The molecule has 5 heteroatoms. The number of ether oxygens (including phenoxy) is 1. The number of aromatic nitrogens is 1. The molecule has 0 saturated heterocycles. The Balaban J connectivity index is 2.50. The molecule has 1 heterocycles. The number of aryl methyl sites for hydroxylation is 1. The van der Waals surface area contributed by atoms with Crippen molar-refractivity contribution in [3.8, 4) is 5.75 Å². The highest BCUT2D eigenvalue weighted by Crippen LogP contribution is 2.29. The lowest BCUT2D eigenvalue weighted by Gasteiger charge is -2.21. The summed E-state index contributed by atoms with van der Waals surface area (Å²) in [6.07, 6.45) is 1.60. The molecular weight excluding hydrogens is 256 g/mol. The summed E-state index contributed by atoms with van der Waals surface area (Å²) in [5, 5.41) is 9.35. The third kappa shape index (κ3) is 2.56. The Morgan fingerprint density at radius 3 is 2.75 bits per heavy atom. The van der Waals surface area contributed by atoms with E-state index in [9.17, 15) is 9.90 Å². The largest absolute Gasteiger partial charge is 0.497 e. The number of anilines is 2. The van der Waals surface area contributed by atoms with Gasteiger partial charge in [-0.25, -0.2) is 9.78 Å². The predicted molar refractivity (Wildman–Crippen MR) is 77.0 cm³/mol. The van der Waals surface area contributed by atoms with Crippen molar-refractivity contribution in [2.45, 2.75) is 6.92 Å². The Morgan fingerprint density at radius 2 is 2.10 bits per heavy atom. The van der Waals surface area contributed by atoms with Crippen LogP contribution in [0.2, 0.25) is 0 Å². The standard InChI is InChI=1S/C15H16N2O3/c1-10-7-8-16-14(13(10)15(18)19)17(2)11-5-4-6-12(9-11)20-3/h4-9H,1-3H3,(H,18,19). The molecule has 0 spiro atoms. The first kappa shape index (κ1) is 13.9. The molecular formula is C15H16N2O3. The van der Waals surface area contributed by atoms with Gasteiger partial charge in [0.2, 0.25) is 0 Å². The van der Waals surface area contributed by atoms with Crippen LogP contribution in [0.25, 0.3) is 0 Å². The van der Waals surface area contributed by atoms with Gasteiger partial charge in [-0.05, 0) is 30.7 Å². The second-order valence-corrected chi connectivity index (χ2v) is 4.39. The minimum absolute atomic E-state index is 0.206. The van der Waals surface area contributed by atoms with E-state index >= 15 is 0 Å². The second-order valence-electron chi connectivity index (χ2n) is 4.39. The first-order valence-corrected chi connectivity index (χ1v) is 6.11. The van der Waals surface area contributed by atoms with Crippen molar-refractivity contribution in [1.82, 2.24) is 4.98 Å². The summed E-state index contributed by atoms with van der Waals surface area (Å²) in [6.45, 7) is 1.76. The topological polar surface area (TPSA) is 62.7 Å². The van der Waals surface area contributed by atoms with Gasteiger partial charge in [0.15, 0.2) is 0 Å². The van der Waals surface area contributed by atoms with Crippen LogP contribution in [-0.2, 0) is 0 Å². The first-order valence-electron chi connectivity index (χ1n) is 6.11. The molecule has 0 unspecified atom stereocenters. The molecule has 104 valence electrons. The van der Waals surface area contributed by atoms with Crippen molar-refractivity contribution in [2.24, 2.45) is 0 Å². The molecule has 2 rings (SSSR count). The Labute approximate surface area is 117 Å². The van der Waals surface area contributed by atoms with Crippen LogP contribution in [0.15, 0.2) is 36.5 Å². The van der Waals surface area contributed by atoms with Gasteiger partial charge in [0.1, 0.15) is 17.1 Å². The normalized spacial score (nSPS) is 10.2.